The lowest BCUT2D eigenvalue weighted by molar-refractivity contribution is -0.137. The van der Waals surface area contributed by atoms with Gasteiger partial charge in [-0.1, -0.05) is 5.21 Å². The molecule has 8 nitrogen and oxygen atoms in total. The van der Waals surface area contributed by atoms with Gasteiger partial charge in [-0.05, 0) is 25.9 Å². The summed E-state index contributed by atoms with van der Waals surface area (Å²) in [5.74, 6) is -0.921. The smallest absolute Gasteiger partial charge is 0.358 e. The third kappa shape index (κ3) is 3.05. The van der Waals surface area contributed by atoms with Gasteiger partial charge in [-0.25, -0.2) is 9.48 Å². The number of carboxylic acids is 1. The summed E-state index contributed by atoms with van der Waals surface area (Å²) in [4.78, 5) is 26.9. The molecule has 114 valence electrons. The highest BCUT2D eigenvalue weighted by atomic mass is 16.4. The van der Waals surface area contributed by atoms with Crippen LogP contribution in [0.5, 0.6) is 0 Å². The zero-order chi connectivity index (χ0) is 14.8. The molecule has 0 bridgehead atoms. The molecule has 1 aromatic heterocycles. The van der Waals surface area contributed by atoms with Crippen molar-refractivity contribution in [2.24, 2.45) is 0 Å². The van der Waals surface area contributed by atoms with Crippen LogP contribution in [-0.2, 0) is 4.79 Å². The molecule has 0 unspecified atom stereocenters. The molecule has 2 aliphatic heterocycles. The standard InChI is InChI=1S/C13H19N5O3/c19-12(3-6-16-4-1-2-5-16)17-7-10(8-17)18-9-11(13(20)21)14-15-18/h9-10H,1-8H2,(H,20,21). The van der Waals surface area contributed by atoms with E-state index in [-0.39, 0.29) is 17.6 Å². The minimum atomic E-state index is -1.08. The highest BCUT2D eigenvalue weighted by molar-refractivity contribution is 5.84. The molecule has 0 spiro atoms. The molecule has 0 aromatic carbocycles. The summed E-state index contributed by atoms with van der Waals surface area (Å²) in [5.41, 5.74) is -0.0613. The molecular formula is C13H19N5O3. The van der Waals surface area contributed by atoms with E-state index in [4.69, 9.17) is 5.11 Å². The first-order valence-corrected chi connectivity index (χ1v) is 7.29. The van der Waals surface area contributed by atoms with E-state index in [1.54, 1.807) is 4.90 Å². The molecule has 2 saturated heterocycles. The van der Waals surface area contributed by atoms with Crippen LogP contribution in [0.4, 0.5) is 0 Å². The Morgan fingerprint density at radius 3 is 2.62 bits per heavy atom. The van der Waals surface area contributed by atoms with Crippen LogP contribution in [0.2, 0.25) is 0 Å². The summed E-state index contributed by atoms with van der Waals surface area (Å²) in [6, 6.07) is 0.0429. The number of hydrogen-bond acceptors (Lipinski definition) is 5. The van der Waals surface area contributed by atoms with Crippen LogP contribution < -0.4 is 0 Å². The topological polar surface area (TPSA) is 91.6 Å². The molecular weight excluding hydrogens is 274 g/mol. The van der Waals surface area contributed by atoms with Gasteiger partial charge in [-0.15, -0.1) is 5.10 Å². The van der Waals surface area contributed by atoms with Crippen LogP contribution in [0.25, 0.3) is 0 Å². The minimum Gasteiger partial charge on any atom is -0.476 e. The fourth-order valence-corrected chi connectivity index (χ4v) is 2.80. The number of carboxylic acid groups (broad SMARTS) is 1. The van der Waals surface area contributed by atoms with E-state index in [1.165, 1.54) is 23.7 Å². The molecule has 8 heteroatoms. The van der Waals surface area contributed by atoms with E-state index in [2.05, 4.69) is 15.2 Å². The van der Waals surface area contributed by atoms with Crippen LogP contribution in [0.3, 0.4) is 0 Å². The number of hydrogen-bond donors (Lipinski definition) is 1. The molecule has 0 radical (unpaired) electrons. The Morgan fingerprint density at radius 2 is 2.00 bits per heavy atom. The summed E-state index contributed by atoms with van der Waals surface area (Å²) in [6.07, 6.45) is 4.44. The number of rotatable bonds is 5. The van der Waals surface area contributed by atoms with Crippen molar-refractivity contribution in [2.75, 3.05) is 32.7 Å². The van der Waals surface area contributed by atoms with Gasteiger partial charge < -0.3 is 14.9 Å². The van der Waals surface area contributed by atoms with Crippen molar-refractivity contribution >= 4 is 11.9 Å². The van der Waals surface area contributed by atoms with Crippen LogP contribution in [0.1, 0.15) is 35.8 Å². The lowest BCUT2D eigenvalue weighted by atomic mass is 10.1. The van der Waals surface area contributed by atoms with Gasteiger partial charge in [0.1, 0.15) is 0 Å². The number of carbonyl (C=O) groups is 2. The quantitative estimate of drug-likeness (QED) is 0.811. The predicted molar refractivity (Wildman–Crippen MR) is 72.9 cm³/mol. The molecule has 1 N–H and O–H groups in total. The van der Waals surface area contributed by atoms with Gasteiger partial charge in [0.15, 0.2) is 5.69 Å². The molecule has 3 heterocycles. The van der Waals surface area contributed by atoms with Crippen molar-refractivity contribution in [2.45, 2.75) is 25.3 Å². The van der Waals surface area contributed by atoms with E-state index in [1.807, 2.05) is 0 Å². The van der Waals surface area contributed by atoms with Crippen molar-refractivity contribution in [3.8, 4) is 0 Å². The average Bonchev–Trinajstić information content (AvgIpc) is 3.06. The second-order valence-electron chi connectivity index (χ2n) is 5.64. The first kappa shape index (κ1) is 14.0. The molecule has 0 saturated carbocycles. The fraction of sp³-hybridized carbons (Fsp3) is 0.692. The lowest BCUT2D eigenvalue weighted by Crippen LogP contribution is -2.51. The maximum Gasteiger partial charge on any atom is 0.358 e. The van der Waals surface area contributed by atoms with Crippen LogP contribution in [0.15, 0.2) is 6.20 Å². The predicted octanol–water partition coefficient (Wildman–Crippen LogP) is -0.154. The number of nitrogens with zero attached hydrogens (tertiary/aromatic N) is 5. The van der Waals surface area contributed by atoms with E-state index in [0.717, 1.165) is 19.6 Å². The van der Waals surface area contributed by atoms with E-state index in [9.17, 15) is 9.59 Å². The summed E-state index contributed by atoms with van der Waals surface area (Å²) in [5, 5.41) is 16.2. The average molecular weight is 293 g/mol. The fourth-order valence-electron chi connectivity index (χ4n) is 2.80. The molecule has 0 aliphatic carbocycles. The van der Waals surface area contributed by atoms with Gasteiger partial charge in [-0.3, -0.25) is 4.79 Å². The summed E-state index contributed by atoms with van der Waals surface area (Å²) in [6.45, 7) is 4.22. The second-order valence-corrected chi connectivity index (χ2v) is 5.64. The Hall–Kier alpha value is -1.96. The molecule has 21 heavy (non-hydrogen) atoms. The van der Waals surface area contributed by atoms with Crippen molar-refractivity contribution < 1.29 is 14.7 Å². The molecule has 2 fully saturated rings. The SMILES string of the molecule is O=C(O)c1cn(C2CN(C(=O)CCN3CCCC3)C2)nn1. The summed E-state index contributed by atoms with van der Waals surface area (Å²) < 4.78 is 1.54. The number of likely N-dealkylation sites (tertiary alicyclic amines) is 2. The van der Waals surface area contributed by atoms with Crippen LogP contribution in [0, 0.1) is 0 Å². The lowest BCUT2D eigenvalue weighted by Gasteiger charge is -2.39. The molecule has 1 aromatic rings. The molecule has 1 amide bonds. The highest BCUT2D eigenvalue weighted by Crippen LogP contribution is 2.21. The monoisotopic (exact) mass is 293 g/mol. The number of aromatic nitrogens is 3. The zero-order valence-electron chi connectivity index (χ0n) is 11.8. The van der Waals surface area contributed by atoms with E-state index in [0.29, 0.717) is 19.5 Å². The minimum absolute atomic E-state index is 0.0429. The first-order valence-electron chi connectivity index (χ1n) is 7.29. The van der Waals surface area contributed by atoms with Crippen LogP contribution in [-0.4, -0.2) is 74.5 Å². The molecule has 2 aliphatic rings. The maximum absolute atomic E-state index is 12.0. The number of carbonyl (C=O) groups excluding carboxylic acids is 1. The second kappa shape index (κ2) is 5.80. The van der Waals surface area contributed by atoms with Crippen molar-refractivity contribution in [3.05, 3.63) is 11.9 Å². The maximum atomic E-state index is 12.0. The van der Waals surface area contributed by atoms with Gasteiger partial charge >= 0.3 is 5.97 Å². The Morgan fingerprint density at radius 1 is 1.29 bits per heavy atom. The van der Waals surface area contributed by atoms with E-state index < -0.39 is 5.97 Å². The Labute approximate surface area is 122 Å². The first-order chi connectivity index (χ1) is 10.1. The highest BCUT2D eigenvalue weighted by Gasteiger charge is 2.33. The van der Waals surface area contributed by atoms with Gasteiger partial charge in [0.2, 0.25) is 5.91 Å². The molecule has 0 atom stereocenters. The third-order valence-corrected chi connectivity index (χ3v) is 4.16. The van der Waals surface area contributed by atoms with Gasteiger partial charge in [0, 0.05) is 26.1 Å². The van der Waals surface area contributed by atoms with Crippen molar-refractivity contribution in [1.82, 2.24) is 24.8 Å². The van der Waals surface area contributed by atoms with Crippen molar-refractivity contribution in [3.63, 3.8) is 0 Å². The van der Waals surface area contributed by atoms with Gasteiger partial charge in [0.05, 0.1) is 12.2 Å². The molecule has 3 rings (SSSR count). The third-order valence-electron chi connectivity index (χ3n) is 4.16. The Bertz CT molecular complexity index is 532. The summed E-state index contributed by atoms with van der Waals surface area (Å²) >= 11 is 0. The van der Waals surface area contributed by atoms with Crippen LogP contribution >= 0.6 is 0 Å². The Balaban J connectivity index is 1.43. The Kier molecular flexibility index (Phi) is 3.87. The number of aromatic carboxylic acids is 1. The normalized spacial score (nSPS) is 19.7. The van der Waals surface area contributed by atoms with E-state index >= 15 is 0 Å². The van der Waals surface area contributed by atoms with Crippen molar-refractivity contribution in [1.29, 1.82) is 0 Å². The number of amides is 1. The summed E-state index contributed by atoms with van der Waals surface area (Å²) in [7, 11) is 0. The largest absolute Gasteiger partial charge is 0.476 e. The zero-order valence-corrected chi connectivity index (χ0v) is 11.8. The van der Waals surface area contributed by atoms with Gasteiger partial charge in [-0.2, -0.15) is 0 Å². The van der Waals surface area contributed by atoms with Gasteiger partial charge in [0.25, 0.3) is 0 Å².